The fourth-order valence-electron chi connectivity index (χ4n) is 2.21. The van der Waals surface area contributed by atoms with Crippen LogP contribution in [0.25, 0.3) is 10.4 Å². The summed E-state index contributed by atoms with van der Waals surface area (Å²) in [5, 5.41) is 20.7. The maximum Gasteiger partial charge on any atom is 0.268 e. The molecule has 2 atom stereocenters. The zero-order valence-electron chi connectivity index (χ0n) is 13.9. The molecule has 0 spiro atoms. The monoisotopic (exact) mass is 364 g/mol. The van der Waals surface area contributed by atoms with E-state index in [2.05, 4.69) is 5.32 Å². The van der Waals surface area contributed by atoms with Gasteiger partial charge in [0.1, 0.15) is 11.8 Å². The Morgan fingerprint density at radius 1 is 1.28 bits per heavy atom. The van der Waals surface area contributed by atoms with Gasteiger partial charge in [-0.15, -0.1) is 11.3 Å². The Morgan fingerprint density at radius 3 is 2.68 bits per heavy atom. The molecule has 25 heavy (non-hydrogen) atoms. The zero-order chi connectivity index (χ0) is 18.4. The number of thiophene rings is 1. The summed E-state index contributed by atoms with van der Waals surface area (Å²) in [5.74, 6) is -0.649. The van der Waals surface area contributed by atoms with Crippen molar-refractivity contribution in [3.63, 3.8) is 0 Å². The molecular formula is C17H20N2O5S. The molecule has 1 aromatic heterocycles. The molecule has 4 N–H and O–H groups in total. The summed E-state index contributed by atoms with van der Waals surface area (Å²) in [4.78, 5) is 25.0. The fourth-order valence-corrected chi connectivity index (χ4v) is 3.11. The highest BCUT2D eigenvalue weighted by molar-refractivity contribution is 7.17. The van der Waals surface area contributed by atoms with Crippen molar-refractivity contribution in [2.45, 2.75) is 26.0 Å². The number of carbonyl (C=O) groups is 2. The van der Waals surface area contributed by atoms with Gasteiger partial charge in [0.15, 0.2) is 0 Å². The molecule has 0 saturated heterocycles. The minimum Gasteiger partial charge on any atom is -0.494 e. The van der Waals surface area contributed by atoms with Crippen LogP contribution in [0.4, 0.5) is 0 Å². The summed E-state index contributed by atoms with van der Waals surface area (Å²) in [6.45, 7) is 3.82. The minimum absolute atomic E-state index is 0.383. The van der Waals surface area contributed by atoms with Gasteiger partial charge in [-0.05, 0) is 43.7 Å². The molecule has 2 unspecified atom stereocenters. The first kappa shape index (κ1) is 18.9. The molecule has 0 aliphatic carbocycles. The zero-order valence-corrected chi connectivity index (χ0v) is 14.7. The number of benzene rings is 1. The Labute approximate surface area is 149 Å². The largest absolute Gasteiger partial charge is 0.494 e. The van der Waals surface area contributed by atoms with Gasteiger partial charge in [0.25, 0.3) is 11.8 Å². The molecule has 2 amide bonds. The Balaban J connectivity index is 2.16. The van der Waals surface area contributed by atoms with E-state index in [0.29, 0.717) is 11.5 Å². The Hall–Kier alpha value is -2.42. The number of hydrogen-bond acceptors (Lipinski definition) is 6. The second kappa shape index (κ2) is 8.61. The maximum absolute atomic E-state index is 12.3. The second-order valence-corrected chi connectivity index (χ2v) is 6.38. The van der Waals surface area contributed by atoms with Gasteiger partial charge < -0.3 is 15.2 Å². The molecule has 8 heteroatoms. The summed E-state index contributed by atoms with van der Waals surface area (Å²) in [5.41, 5.74) is 2.34. The quantitative estimate of drug-likeness (QED) is 0.443. The van der Waals surface area contributed by atoms with E-state index in [0.717, 1.165) is 16.2 Å². The normalized spacial score (nSPS) is 13.0. The number of ether oxygens (including phenoxy) is 1. The summed E-state index contributed by atoms with van der Waals surface area (Å²) in [7, 11) is 0. The molecule has 0 fully saturated rings. The number of rotatable bonds is 7. The van der Waals surface area contributed by atoms with Gasteiger partial charge in [-0.2, -0.15) is 0 Å². The lowest BCUT2D eigenvalue weighted by Gasteiger charge is -2.18. The van der Waals surface area contributed by atoms with Gasteiger partial charge in [-0.3, -0.25) is 14.8 Å². The van der Waals surface area contributed by atoms with E-state index in [9.17, 15) is 14.7 Å². The van der Waals surface area contributed by atoms with Gasteiger partial charge >= 0.3 is 0 Å². The van der Waals surface area contributed by atoms with Gasteiger partial charge in [0.2, 0.25) is 0 Å². The average molecular weight is 364 g/mol. The van der Waals surface area contributed by atoms with E-state index in [-0.39, 0.29) is 0 Å². The van der Waals surface area contributed by atoms with Gasteiger partial charge in [0, 0.05) is 4.88 Å². The number of aliphatic hydroxyl groups excluding tert-OH is 1. The molecule has 2 rings (SSSR count). The highest BCUT2D eigenvalue weighted by Gasteiger charge is 2.26. The van der Waals surface area contributed by atoms with Gasteiger partial charge in [-0.25, -0.2) is 5.48 Å². The lowest BCUT2D eigenvalue weighted by molar-refractivity contribution is -0.133. The molecule has 0 bridgehead atoms. The topological polar surface area (TPSA) is 108 Å². The third-order valence-corrected chi connectivity index (χ3v) is 4.55. The minimum atomic E-state index is -1.25. The predicted molar refractivity (Wildman–Crippen MR) is 93.8 cm³/mol. The van der Waals surface area contributed by atoms with Gasteiger partial charge in [-0.1, -0.05) is 12.1 Å². The Bertz CT molecular complexity index is 744. The molecule has 0 aliphatic heterocycles. The van der Waals surface area contributed by atoms with E-state index in [4.69, 9.17) is 9.94 Å². The average Bonchev–Trinajstić information content (AvgIpc) is 3.09. The Kier molecular flexibility index (Phi) is 6.51. The van der Waals surface area contributed by atoms with Crippen molar-refractivity contribution in [3.8, 4) is 16.2 Å². The summed E-state index contributed by atoms with van der Waals surface area (Å²) in [6, 6.07) is 9.71. The molecule has 0 aliphatic rings. The van der Waals surface area contributed by atoms with Crippen molar-refractivity contribution >= 4 is 23.2 Å². The number of hydrogen-bond donors (Lipinski definition) is 4. The van der Waals surface area contributed by atoms with Crippen LogP contribution in [0.3, 0.4) is 0 Å². The van der Waals surface area contributed by atoms with Crippen LogP contribution in [0.15, 0.2) is 36.4 Å². The molecule has 134 valence electrons. The number of amides is 2. The van der Waals surface area contributed by atoms with Crippen LogP contribution in [0.5, 0.6) is 5.75 Å². The standard InChI is InChI=1S/C17H20N2O5S/c1-3-24-12-6-4-5-11(9-12)13-7-8-14(25-13)16(21)18-15(10(2)20)17(22)19-23/h4-10,15,20,23H,3H2,1-2H3,(H,18,21)(H,19,22). The molecule has 0 radical (unpaired) electrons. The van der Waals surface area contributed by atoms with Crippen molar-refractivity contribution in [3.05, 3.63) is 41.3 Å². The number of hydroxylamine groups is 1. The van der Waals surface area contributed by atoms with E-state index in [1.54, 1.807) is 12.1 Å². The van der Waals surface area contributed by atoms with Crippen LogP contribution >= 0.6 is 11.3 Å². The summed E-state index contributed by atoms with van der Waals surface area (Å²) < 4.78 is 5.47. The van der Waals surface area contributed by atoms with E-state index in [1.807, 2.05) is 31.2 Å². The lowest BCUT2D eigenvalue weighted by Crippen LogP contribution is -2.51. The molecule has 2 aromatic rings. The van der Waals surface area contributed by atoms with Crippen LogP contribution in [0.2, 0.25) is 0 Å². The van der Waals surface area contributed by atoms with E-state index < -0.39 is 24.0 Å². The van der Waals surface area contributed by atoms with Crippen molar-refractivity contribution in [2.75, 3.05) is 6.61 Å². The number of carbonyl (C=O) groups excluding carboxylic acids is 2. The maximum atomic E-state index is 12.3. The molecule has 1 heterocycles. The second-order valence-electron chi connectivity index (χ2n) is 5.29. The van der Waals surface area contributed by atoms with E-state index >= 15 is 0 Å². The van der Waals surface area contributed by atoms with Crippen molar-refractivity contribution < 1.29 is 24.6 Å². The highest BCUT2D eigenvalue weighted by atomic mass is 32.1. The number of nitrogens with one attached hydrogen (secondary N) is 2. The van der Waals surface area contributed by atoms with Crippen LogP contribution in [-0.2, 0) is 4.79 Å². The molecular weight excluding hydrogens is 344 g/mol. The SMILES string of the molecule is CCOc1cccc(-c2ccc(C(=O)NC(C(=O)NO)C(C)O)s2)c1. The molecule has 0 saturated carbocycles. The van der Waals surface area contributed by atoms with Crippen molar-refractivity contribution in [2.24, 2.45) is 0 Å². The summed E-state index contributed by atoms with van der Waals surface area (Å²) in [6.07, 6.45) is -1.15. The van der Waals surface area contributed by atoms with Crippen LogP contribution in [-0.4, -0.2) is 40.9 Å². The first-order valence-electron chi connectivity index (χ1n) is 7.72. The highest BCUT2D eigenvalue weighted by Crippen LogP contribution is 2.30. The van der Waals surface area contributed by atoms with Crippen LogP contribution < -0.4 is 15.5 Å². The first-order chi connectivity index (χ1) is 12.0. The van der Waals surface area contributed by atoms with Crippen LogP contribution in [0, 0.1) is 0 Å². The summed E-state index contributed by atoms with van der Waals surface area (Å²) >= 11 is 1.25. The van der Waals surface area contributed by atoms with Crippen molar-refractivity contribution in [1.29, 1.82) is 0 Å². The molecule has 1 aromatic carbocycles. The fraction of sp³-hybridized carbons (Fsp3) is 0.294. The molecule has 7 nitrogen and oxygen atoms in total. The smallest absolute Gasteiger partial charge is 0.268 e. The van der Waals surface area contributed by atoms with E-state index in [1.165, 1.54) is 23.7 Å². The first-order valence-corrected chi connectivity index (χ1v) is 8.53. The van der Waals surface area contributed by atoms with Gasteiger partial charge in [0.05, 0.1) is 17.6 Å². The Morgan fingerprint density at radius 2 is 2.04 bits per heavy atom. The third-order valence-electron chi connectivity index (χ3n) is 3.42. The van der Waals surface area contributed by atoms with Crippen molar-refractivity contribution in [1.82, 2.24) is 10.8 Å². The number of aliphatic hydroxyl groups is 1. The predicted octanol–water partition coefficient (Wildman–Crippen LogP) is 1.80. The third kappa shape index (κ3) is 4.79. The lowest BCUT2D eigenvalue weighted by atomic mass is 10.1. The van der Waals surface area contributed by atoms with Crippen LogP contribution in [0.1, 0.15) is 23.5 Å².